The molecule has 1 fully saturated rings. The van der Waals surface area contributed by atoms with Crippen LogP contribution in [0.4, 0.5) is 16.2 Å². The summed E-state index contributed by atoms with van der Waals surface area (Å²) in [6.07, 6.45) is 1.94. The van der Waals surface area contributed by atoms with Crippen LogP contribution in [-0.4, -0.2) is 85.3 Å². The Morgan fingerprint density at radius 2 is 1.82 bits per heavy atom. The van der Waals surface area contributed by atoms with E-state index in [0.717, 1.165) is 17.0 Å². The van der Waals surface area contributed by atoms with Gasteiger partial charge in [0.2, 0.25) is 14.7 Å². The maximum Gasteiger partial charge on any atom is 0.416 e. The first-order valence-electron chi connectivity index (χ1n) is 14.2. The fraction of sp³-hybridized carbons (Fsp3) is 0.536. The van der Waals surface area contributed by atoms with E-state index >= 15 is 4.21 Å². The molecule has 3 aliphatic rings. The highest BCUT2D eigenvalue weighted by atomic mass is 32.2. The second-order valence-electron chi connectivity index (χ2n) is 13.7. The average Bonchev–Trinajstić information content (AvgIpc) is 3.50. The van der Waals surface area contributed by atoms with Gasteiger partial charge < -0.3 is 14.9 Å². The van der Waals surface area contributed by atoms with Crippen LogP contribution in [0.5, 0.6) is 0 Å². The molecule has 45 heavy (non-hydrogen) atoms. The lowest BCUT2D eigenvalue weighted by molar-refractivity contribution is -0.916. The van der Waals surface area contributed by atoms with E-state index in [0.29, 0.717) is 6.07 Å². The third-order valence-electron chi connectivity index (χ3n) is 8.63. The fourth-order valence-corrected chi connectivity index (χ4v) is 10.3. The molecule has 2 N–H and O–H groups in total. The number of hydrogen-bond donors (Lipinski definition) is 1. The van der Waals surface area contributed by atoms with Gasteiger partial charge in [-0.05, 0) is 51.0 Å². The summed E-state index contributed by atoms with van der Waals surface area (Å²) in [4.78, 5) is 55.8. The standard InChI is InChI=1S/C28H39N5O10SSi/c1-10-13-41-33-17-28(33)20(23(29)34)14-19(16-42-45(8,9)27(5,6)7)30(25(35)43-26(2,3)4)24(28)44(33,40)22-12-11-18(31(36)37)15-21(22)32(38)39/h10-12,14-15,19H,1,13,16-17H2,2-9H3,(H-,29,34)/p+1/t19-,28?,33?,44?/m0/s1. The summed E-state index contributed by atoms with van der Waals surface area (Å²) < 4.78 is 27.0. The van der Waals surface area contributed by atoms with Gasteiger partial charge in [-0.1, -0.05) is 30.9 Å². The summed E-state index contributed by atoms with van der Waals surface area (Å²) in [6.45, 7) is 18.2. The number of quaternary nitrogens is 1. The zero-order valence-corrected chi connectivity index (χ0v) is 28.5. The Kier molecular flexibility index (Phi) is 8.16. The number of nitrogens with two attached hydrogens (primary N) is 1. The first-order valence-corrected chi connectivity index (χ1v) is 18.6. The number of non-ortho nitro benzene ring substituents is 1. The molecule has 1 spiro atoms. The second-order valence-corrected chi connectivity index (χ2v) is 21.0. The molecule has 1 saturated heterocycles. The molecule has 0 bridgehead atoms. The van der Waals surface area contributed by atoms with Crippen LogP contribution in [0, 0.1) is 20.2 Å². The number of hydroxylamine groups is 2. The van der Waals surface area contributed by atoms with Gasteiger partial charge in [0.05, 0.1) is 34.1 Å². The van der Waals surface area contributed by atoms with Crippen LogP contribution in [0.1, 0.15) is 41.5 Å². The van der Waals surface area contributed by atoms with Gasteiger partial charge in [0.1, 0.15) is 12.2 Å². The first kappa shape index (κ1) is 34.2. The van der Waals surface area contributed by atoms with Crippen LogP contribution in [-0.2, 0) is 28.5 Å². The third-order valence-corrected chi connectivity index (χ3v) is 16.5. The van der Waals surface area contributed by atoms with E-state index in [1.54, 1.807) is 20.8 Å². The molecule has 2 amide bonds. The van der Waals surface area contributed by atoms with Crippen molar-refractivity contribution in [2.24, 2.45) is 5.73 Å². The maximum atomic E-state index is 15.6. The van der Waals surface area contributed by atoms with Gasteiger partial charge in [-0.3, -0.25) is 29.9 Å². The van der Waals surface area contributed by atoms with Crippen LogP contribution in [0.15, 0.2) is 47.4 Å². The number of carbonyl (C=O) groups is 2. The maximum absolute atomic E-state index is 15.6. The van der Waals surface area contributed by atoms with E-state index in [2.05, 4.69) is 6.58 Å². The zero-order chi connectivity index (χ0) is 34.1. The van der Waals surface area contributed by atoms with E-state index in [1.807, 2.05) is 33.9 Å². The molecule has 15 nitrogen and oxygen atoms in total. The molecular formula is C28H40N5O10SSi+. The van der Waals surface area contributed by atoms with Gasteiger partial charge in [-0.25, -0.2) is 9.00 Å². The van der Waals surface area contributed by atoms with Crippen molar-refractivity contribution in [2.75, 3.05) is 19.8 Å². The summed E-state index contributed by atoms with van der Waals surface area (Å²) in [5.41, 5.74) is 1.95. The van der Waals surface area contributed by atoms with Crippen LogP contribution in [0.25, 0.3) is 0 Å². The summed E-state index contributed by atoms with van der Waals surface area (Å²) in [5.74, 6) is -0.865. The lowest BCUT2D eigenvalue weighted by Gasteiger charge is -2.47. The largest absolute Gasteiger partial charge is 0.443 e. The number of amides is 2. The molecule has 0 saturated carbocycles. The van der Waals surface area contributed by atoms with Crippen molar-refractivity contribution < 1.29 is 41.7 Å². The minimum atomic E-state index is -4.01. The minimum Gasteiger partial charge on any atom is -0.443 e. The normalized spacial score (nSPS) is 27.4. The molecule has 4 atom stereocenters. The summed E-state index contributed by atoms with van der Waals surface area (Å²) in [6, 6.07) is 1.69. The Morgan fingerprint density at radius 3 is 2.31 bits per heavy atom. The zero-order valence-electron chi connectivity index (χ0n) is 26.6. The van der Waals surface area contributed by atoms with E-state index in [1.165, 1.54) is 12.2 Å². The number of hydrogen-bond acceptors (Lipinski definition) is 10. The lowest BCUT2D eigenvalue weighted by Crippen LogP contribution is -2.71. The molecule has 17 heteroatoms. The SMILES string of the molecule is C=CCO[N+]12CC13C(C(N)=O)=C[C@@H](CO[Si](C)(C)C(C)(C)C)N(C(=O)OC(C)(C)C)C3=S2(=O)c1ccc([N+](=O)[O-])cc1[N+](=O)[O-]. The van der Waals surface area contributed by atoms with E-state index in [-0.39, 0.29) is 35.4 Å². The number of benzene rings is 1. The molecule has 3 unspecified atom stereocenters. The molecule has 3 heterocycles. The Balaban J connectivity index is 2.09. The highest BCUT2D eigenvalue weighted by Crippen LogP contribution is 2.66. The van der Waals surface area contributed by atoms with Gasteiger partial charge in [0, 0.05) is 6.07 Å². The molecule has 4 rings (SSSR count). The molecule has 246 valence electrons. The van der Waals surface area contributed by atoms with Crippen LogP contribution >= 0.6 is 0 Å². The van der Waals surface area contributed by atoms with Crippen LogP contribution < -0.4 is 5.73 Å². The Bertz CT molecular complexity index is 1670. The van der Waals surface area contributed by atoms with Crippen molar-refractivity contribution in [3.63, 3.8) is 0 Å². The van der Waals surface area contributed by atoms with Crippen LogP contribution in [0.2, 0.25) is 18.1 Å². The number of primary amides is 1. The molecule has 0 radical (unpaired) electrons. The number of nitro groups is 2. The van der Waals surface area contributed by atoms with Crippen molar-refractivity contribution in [3.8, 4) is 0 Å². The van der Waals surface area contributed by atoms with Gasteiger partial charge in [-0.2, -0.15) is 4.84 Å². The molecule has 3 aliphatic heterocycles. The number of nitro benzene ring substituents is 2. The van der Waals surface area contributed by atoms with Crippen LogP contribution in [0.3, 0.4) is 0 Å². The quantitative estimate of drug-likeness (QED) is 0.0727. The molecule has 0 aromatic heterocycles. The topological polar surface area (TPSA) is 194 Å². The smallest absolute Gasteiger partial charge is 0.416 e. The van der Waals surface area contributed by atoms with Crippen molar-refractivity contribution >= 4 is 46.4 Å². The van der Waals surface area contributed by atoms with Crippen molar-refractivity contribution in [3.05, 3.63) is 62.7 Å². The van der Waals surface area contributed by atoms with Gasteiger partial charge in [-0.15, -0.1) is 6.58 Å². The van der Waals surface area contributed by atoms with E-state index in [9.17, 15) is 29.8 Å². The van der Waals surface area contributed by atoms with Crippen molar-refractivity contribution in [1.29, 1.82) is 0 Å². The summed E-state index contributed by atoms with van der Waals surface area (Å²) >= 11 is 0. The predicted octanol–water partition coefficient (Wildman–Crippen LogP) is 3.94. The summed E-state index contributed by atoms with van der Waals surface area (Å²) in [5, 5.41) is 23.6. The number of ether oxygens (including phenoxy) is 1. The van der Waals surface area contributed by atoms with Gasteiger partial charge in [0.15, 0.2) is 19.8 Å². The summed E-state index contributed by atoms with van der Waals surface area (Å²) in [7, 11) is -6.46. The average molecular weight is 667 g/mol. The van der Waals surface area contributed by atoms with E-state index in [4.69, 9.17) is 19.7 Å². The Morgan fingerprint density at radius 1 is 1.20 bits per heavy atom. The Labute approximate surface area is 262 Å². The monoisotopic (exact) mass is 666 g/mol. The second kappa shape index (κ2) is 10.7. The number of carbonyl (C=O) groups excluding carboxylic acids is 2. The lowest BCUT2D eigenvalue weighted by atomic mass is 9.90. The molecule has 1 aromatic carbocycles. The fourth-order valence-electron chi connectivity index (χ4n) is 5.50. The Hall–Kier alpha value is -3.64. The van der Waals surface area contributed by atoms with E-state index < -0.39 is 77.4 Å². The molecular weight excluding hydrogens is 626 g/mol. The number of rotatable bonds is 10. The highest BCUT2D eigenvalue weighted by molar-refractivity contribution is 7.99. The van der Waals surface area contributed by atoms with Gasteiger partial charge >= 0.3 is 6.09 Å². The first-order chi connectivity index (χ1) is 20.5. The van der Waals surface area contributed by atoms with Crippen molar-refractivity contribution in [1.82, 2.24) is 4.90 Å². The van der Waals surface area contributed by atoms with Crippen molar-refractivity contribution in [2.45, 2.75) is 81.8 Å². The molecule has 0 aliphatic carbocycles. The minimum absolute atomic E-state index is 0.00809. The molecule has 1 aromatic rings. The predicted molar refractivity (Wildman–Crippen MR) is 167 cm³/mol. The number of nitrogens with zero attached hydrogens (tertiary/aromatic N) is 4. The van der Waals surface area contributed by atoms with Gasteiger partial charge in [0.25, 0.3) is 22.8 Å². The highest BCUT2D eigenvalue weighted by Gasteiger charge is 2.95. The third kappa shape index (κ3) is 5.06.